The molecule has 0 spiro atoms. The van der Waals surface area contributed by atoms with Crippen LogP contribution in [0.4, 0.5) is 11.6 Å². The summed E-state index contributed by atoms with van der Waals surface area (Å²) in [6.45, 7) is 4.23. The van der Waals surface area contributed by atoms with E-state index in [1.54, 1.807) is 12.1 Å². The lowest BCUT2D eigenvalue weighted by molar-refractivity contribution is 0.0601. The average Bonchev–Trinajstić information content (AvgIpc) is 2.88. The van der Waals surface area contributed by atoms with Crippen LogP contribution in [-0.4, -0.2) is 13.1 Å². The van der Waals surface area contributed by atoms with Gasteiger partial charge in [-0.3, -0.25) is 0 Å². The second-order valence-electron chi connectivity index (χ2n) is 6.14. The van der Waals surface area contributed by atoms with Crippen molar-refractivity contribution < 1.29 is 13.9 Å². The quantitative estimate of drug-likeness (QED) is 0.277. The van der Waals surface area contributed by atoms with Crippen LogP contribution in [0.2, 0.25) is 0 Å². The number of anilines is 2. The zero-order valence-electron chi connectivity index (χ0n) is 15.2. The highest BCUT2D eigenvalue weighted by molar-refractivity contribution is 14.1. The lowest BCUT2D eigenvalue weighted by Gasteiger charge is -2.08. The van der Waals surface area contributed by atoms with Gasteiger partial charge in [0.15, 0.2) is 0 Å². The number of aryl methyl sites for hydroxylation is 1. The van der Waals surface area contributed by atoms with Crippen molar-refractivity contribution in [1.82, 2.24) is 0 Å². The number of hydrogen-bond acceptors (Lipinski definition) is 4. The van der Waals surface area contributed by atoms with Crippen LogP contribution in [-0.2, 0) is 11.2 Å². The van der Waals surface area contributed by atoms with Gasteiger partial charge in [0, 0.05) is 11.3 Å². The van der Waals surface area contributed by atoms with Gasteiger partial charge in [-0.15, -0.1) is 0 Å². The number of carbonyl (C=O) groups is 1. The number of hydrogen-bond donors (Lipinski definition) is 1. The van der Waals surface area contributed by atoms with E-state index in [-0.39, 0.29) is 5.97 Å². The van der Waals surface area contributed by atoms with Crippen LogP contribution in [0.25, 0.3) is 0 Å². The monoisotopic (exact) mass is 455 g/mol. The maximum atomic E-state index is 11.5. The fourth-order valence-corrected chi connectivity index (χ4v) is 3.36. The van der Waals surface area contributed by atoms with Crippen molar-refractivity contribution in [2.24, 2.45) is 0 Å². The zero-order valence-corrected chi connectivity index (χ0v) is 17.3. The number of halogens is 1. The highest BCUT2D eigenvalue weighted by atomic mass is 127. The fraction of sp³-hybridized carbons (Fsp3) is 0.450. The molecule has 1 aromatic heterocycles. The van der Waals surface area contributed by atoms with E-state index < -0.39 is 0 Å². The van der Waals surface area contributed by atoms with Crippen molar-refractivity contribution in [3.05, 3.63) is 44.7 Å². The molecule has 25 heavy (non-hydrogen) atoms. The summed E-state index contributed by atoms with van der Waals surface area (Å²) in [5.74, 6) is 1.42. The normalized spacial score (nSPS) is 10.7. The standard InChI is InChI=1S/C20H26INO3/c1-4-5-6-7-8-9-17-18(21)14(2)25-19(17)22-16-12-10-15(11-13-16)20(23)24-3/h10-13,22H,4-9H2,1-3H3. The first-order valence-corrected chi connectivity index (χ1v) is 9.87. The topological polar surface area (TPSA) is 51.5 Å². The largest absolute Gasteiger partial charge is 0.465 e. The molecule has 0 fully saturated rings. The SMILES string of the molecule is CCCCCCCc1c(Nc2ccc(C(=O)OC)cc2)oc(C)c1I. The molecule has 0 atom stereocenters. The lowest BCUT2D eigenvalue weighted by atomic mass is 10.1. The Morgan fingerprint density at radius 1 is 1.16 bits per heavy atom. The van der Waals surface area contributed by atoms with Gasteiger partial charge in [0.1, 0.15) is 5.76 Å². The Kier molecular flexibility index (Phi) is 7.81. The van der Waals surface area contributed by atoms with E-state index in [9.17, 15) is 4.79 Å². The number of unbranched alkanes of at least 4 members (excludes halogenated alkanes) is 4. The van der Waals surface area contributed by atoms with Crippen molar-refractivity contribution in [2.75, 3.05) is 12.4 Å². The molecule has 0 aliphatic carbocycles. The summed E-state index contributed by atoms with van der Waals surface area (Å²) in [4.78, 5) is 11.5. The molecule has 1 N–H and O–H groups in total. The summed E-state index contributed by atoms with van der Waals surface area (Å²) >= 11 is 2.36. The summed E-state index contributed by atoms with van der Waals surface area (Å²) in [7, 11) is 1.38. The molecular weight excluding hydrogens is 429 g/mol. The Morgan fingerprint density at radius 2 is 1.84 bits per heavy atom. The molecule has 0 radical (unpaired) electrons. The van der Waals surface area contributed by atoms with E-state index in [2.05, 4.69) is 34.8 Å². The first-order valence-electron chi connectivity index (χ1n) is 8.80. The Balaban J connectivity index is 2.06. The molecule has 0 aliphatic heterocycles. The number of methoxy groups -OCH3 is 1. The van der Waals surface area contributed by atoms with Crippen LogP contribution < -0.4 is 5.32 Å². The van der Waals surface area contributed by atoms with Crippen LogP contribution in [0, 0.1) is 10.5 Å². The average molecular weight is 455 g/mol. The molecule has 0 saturated heterocycles. The number of furan rings is 1. The van der Waals surface area contributed by atoms with E-state index in [4.69, 9.17) is 9.15 Å². The Labute approximate surface area is 163 Å². The summed E-state index contributed by atoms with van der Waals surface area (Å²) in [5, 5.41) is 3.35. The molecular formula is C20H26INO3. The lowest BCUT2D eigenvalue weighted by Crippen LogP contribution is -2.01. The van der Waals surface area contributed by atoms with Crippen LogP contribution in [0.1, 0.15) is 60.7 Å². The van der Waals surface area contributed by atoms with E-state index in [1.807, 2.05) is 19.1 Å². The molecule has 0 saturated carbocycles. The molecule has 2 rings (SSSR count). The number of carbonyl (C=O) groups excluding carboxylic acids is 1. The number of ether oxygens (including phenoxy) is 1. The van der Waals surface area contributed by atoms with Gasteiger partial charge in [0.2, 0.25) is 5.88 Å². The minimum absolute atomic E-state index is 0.331. The highest BCUT2D eigenvalue weighted by Crippen LogP contribution is 2.32. The molecule has 0 amide bonds. The third-order valence-electron chi connectivity index (χ3n) is 4.20. The van der Waals surface area contributed by atoms with Crippen molar-refractivity contribution >= 4 is 40.1 Å². The van der Waals surface area contributed by atoms with Gasteiger partial charge in [-0.2, -0.15) is 0 Å². The summed E-state index contributed by atoms with van der Waals surface area (Å²) < 4.78 is 11.8. The van der Waals surface area contributed by atoms with E-state index >= 15 is 0 Å². The van der Waals surface area contributed by atoms with Gasteiger partial charge in [0.25, 0.3) is 0 Å². The highest BCUT2D eigenvalue weighted by Gasteiger charge is 2.16. The Morgan fingerprint density at radius 3 is 2.48 bits per heavy atom. The van der Waals surface area contributed by atoms with Gasteiger partial charge in [0.05, 0.1) is 16.2 Å². The first-order chi connectivity index (χ1) is 12.1. The van der Waals surface area contributed by atoms with Gasteiger partial charge >= 0.3 is 5.97 Å². The molecule has 1 heterocycles. The molecule has 136 valence electrons. The van der Waals surface area contributed by atoms with Gasteiger partial charge in [-0.05, 0) is 66.6 Å². The molecule has 0 unspecified atom stereocenters. The van der Waals surface area contributed by atoms with Gasteiger partial charge in [-0.1, -0.05) is 32.6 Å². The summed E-state index contributed by atoms with van der Waals surface area (Å²) in [6, 6.07) is 7.22. The van der Waals surface area contributed by atoms with E-state index in [0.29, 0.717) is 5.56 Å². The zero-order chi connectivity index (χ0) is 18.2. The second kappa shape index (κ2) is 9.85. The Bertz CT molecular complexity index is 692. The number of rotatable bonds is 9. The van der Waals surface area contributed by atoms with Gasteiger partial charge < -0.3 is 14.5 Å². The van der Waals surface area contributed by atoms with Crippen molar-refractivity contribution in [2.45, 2.75) is 52.4 Å². The van der Waals surface area contributed by atoms with Crippen molar-refractivity contribution in [1.29, 1.82) is 0 Å². The van der Waals surface area contributed by atoms with Crippen LogP contribution in [0.3, 0.4) is 0 Å². The first kappa shape index (κ1) is 19.8. The second-order valence-corrected chi connectivity index (χ2v) is 7.22. The molecule has 0 bridgehead atoms. The third kappa shape index (κ3) is 5.49. The maximum absolute atomic E-state index is 11.5. The van der Waals surface area contributed by atoms with Crippen LogP contribution >= 0.6 is 22.6 Å². The molecule has 2 aromatic rings. The molecule has 1 aromatic carbocycles. The smallest absolute Gasteiger partial charge is 0.337 e. The minimum atomic E-state index is -0.331. The Hall–Kier alpha value is -1.50. The third-order valence-corrected chi connectivity index (χ3v) is 5.61. The molecule has 5 heteroatoms. The van der Waals surface area contributed by atoms with Crippen LogP contribution in [0.5, 0.6) is 0 Å². The summed E-state index contributed by atoms with van der Waals surface area (Å²) in [5.41, 5.74) is 2.67. The van der Waals surface area contributed by atoms with Gasteiger partial charge in [-0.25, -0.2) is 4.79 Å². The number of nitrogens with one attached hydrogen (secondary N) is 1. The van der Waals surface area contributed by atoms with E-state index in [1.165, 1.54) is 48.3 Å². The number of benzene rings is 1. The van der Waals surface area contributed by atoms with Crippen molar-refractivity contribution in [3.63, 3.8) is 0 Å². The summed E-state index contributed by atoms with van der Waals surface area (Å²) in [6.07, 6.45) is 7.30. The maximum Gasteiger partial charge on any atom is 0.337 e. The predicted octanol–water partition coefficient (Wildman–Crippen LogP) is 6.24. The van der Waals surface area contributed by atoms with Crippen molar-refractivity contribution in [3.8, 4) is 0 Å². The molecule has 4 nitrogen and oxygen atoms in total. The molecule has 0 aliphatic rings. The number of esters is 1. The fourth-order valence-electron chi connectivity index (χ4n) is 2.74. The van der Waals surface area contributed by atoms with E-state index in [0.717, 1.165) is 23.8 Å². The predicted molar refractivity (Wildman–Crippen MR) is 110 cm³/mol. The van der Waals surface area contributed by atoms with Crippen LogP contribution in [0.15, 0.2) is 28.7 Å². The minimum Gasteiger partial charge on any atom is -0.465 e.